The molecule has 0 fully saturated rings. The van der Waals surface area contributed by atoms with Gasteiger partial charge in [0.15, 0.2) is 5.92 Å². The molecule has 1 heterocycles. The molecule has 1 N–H and O–H groups in total. The molecular formula is C10H11NO3. The van der Waals surface area contributed by atoms with Gasteiger partial charge in [0.05, 0.1) is 0 Å². The predicted octanol–water partition coefficient (Wildman–Crippen LogP) is 1.17. The smallest absolute Gasteiger partial charge is 0.320 e. The molecule has 4 heteroatoms. The van der Waals surface area contributed by atoms with Crippen molar-refractivity contribution in [2.24, 2.45) is 10.9 Å². The van der Waals surface area contributed by atoms with E-state index in [4.69, 9.17) is 5.11 Å². The van der Waals surface area contributed by atoms with E-state index in [-0.39, 0.29) is 0 Å². The highest BCUT2D eigenvalue weighted by atomic mass is 16.4. The predicted molar refractivity (Wildman–Crippen MR) is 50.1 cm³/mol. The summed E-state index contributed by atoms with van der Waals surface area (Å²) in [4.78, 5) is 25.8. The molecule has 0 aromatic heterocycles. The Morgan fingerprint density at radius 1 is 1.43 bits per heavy atom. The molecule has 2 rings (SSSR count). The second-order valence-corrected chi connectivity index (χ2v) is 3.63. The fraction of sp³-hybridized carbons (Fsp3) is 0.500. The topological polar surface area (TPSA) is 66.7 Å². The summed E-state index contributed by atoms with van der Waals surface area (Å²) in [6, 6.07) is 0. The van der Waals surface area contributed by atoms with Gasteiger partial charge in [-0.25, -0.2) is 4.99 Å². The maximum absolute atomic E-state index is 11.3. The van der Waals surface area contributed by atoms with Crippen molar-refractivity contribution in [2.75, 3.05) is 0 Å². The van der Waals surface area contributed by atoms with Crippen LogP contribution in [-0.4, -0.2) is 23.2 Å². The Morgan fingerprint density at radius 3 is 2.86 bits per heavy atom. The van der Waals surface area contributed by atoms with Crippen LogP contribution in [0, 0.1) is 5.92 Å². The lowest BCUT2D eigenvalue weighted by atomic mass is 9.82. The van der Waals surface area contributed by atoms with Crippen molar-refractivity contribution >= 4 is 18.1 Å². The molecule has 0 radical (unpaired) electrons. The van der Waals surface area contributed by atoms with Crippen molar-refractivity contribution in [3.05, 3.63) is 11.1 Å². The normalized spacial score (nSPS) is 26.3. The Labute approximate surface area is 81.3 Å². The van der Waals surface area contributed by atoms with Crippen molar-refractivity contribution in [3.63, 3.8) is 0 Å². The van der Waals surface area contributed by atoms with Crippen LogP contribution < -0.4 is 0 Å². The molecule has 0 saturated carbocycles. The number of hydrogen-bond acceptors (Lipinski definition) is 2. The molecule has 2 aliphatic rings. The average Bonchev–Trinajstić information content (AvgIpc) is 2.17. The average molecular weight is 193 g/mol. The van der Waals surface area contributed by atoms with Gasteiger partial charge >= 0.3 is 5.97 Å². The van der Waals surface area contributed by atoms with E-state index in [9.17, 15) is 9.59 Å². The highest BCUT2D eigenvalue weighted by molar-refractivity contribution is 6.08. The Balaban J connectivity index is 2.39. The van der Waals surface area contributed by atoms with Gasteiger partial charge in [0.25, 0.3) is 5.91 Å². The number of aliphatic imine (C=N–C) groups is 1. The highest BCUT2D eigenvalue weighted by Crippen LogP contribution is 2.32. The quantitative estimate of drug-likeness (QED) is 0.635. The first kappa shape index (κ1) is 9.12. The zero-order valence-electron chi connectivity index (χ0n) is 7.69. The maximum atomic E-state index is 11.3. The number of dihydropyridines is 1. The van der Waals surface area contributed by atoms with Crippen LogP contribution in [-0.2, 0) is 9.59 Å². The minimum atomic E-state index is -1.07. The zero-order chi connectivity index (χ0) is 10.1. The van der Waals surface area contributed by atoms with Gasteiger partial charge < -0.3 is 5.11 Å². The minimum absolute atomic E-state index is 0.529. The van der Waals surface area contributed by atoms with Crippen LogP contribution in [0.4, 0.5) is 0 Å². The fourth-order valence-electron chi connectivity index (χ4n) is 2.05. The number of carbonyl (C=O) groups excluding carboxylic acids is 1. The van der Waals surface area contributed by atoms with Gasteiger partial charge in [-0.05, 0) is 36.8 Å². The molecule has 0 spiro atoms. The van der Waals surface area contributed by atoms with E-state index in [0.717, 1.165) is 36.8 Å². The summed E-state index contributed by atoms with van der Waals surface area (Å²) < 4.78 is 0. The molecule has 74 valence electrons. The van der Waals surface area contributed by atoms with Gasteiger partial charge in [0, 0.05) is 6.21 Å². The van der Waals surface area contributed by atoms with E-state index in [2.05, 4.69) is 4.99 Å². The lowest BCUT2D eigenvalue weighted by Gasteiger charge is -2.24. The number of allylic oxidation sites excluding steroid dienone is 1. The number of nitrogens with zero attached hydrogens (tertiary/aromatic N) is 1. The standard InChI is InChI=1S/C10H11NO3/c12-9-8(10(13)14)7-4-2-1-3-6(7)5-11-9/h5,8H,1-4H2,(H,13,14). The van der Waals surface area contributed by atoms with Gasteiger partial charge in [0.2, 0.25) is 0 Å². The van der Waals surface area contributed by atoms with Crippen molar-refractivity contribution in [2.45, 2.75) is 25.7 Å². The van der Waals surface area contributed by atoms with Crippen LogP contribution in [0.2, 0.25) is 0 Å². The Bertz CT molecular complexity index is 354. The summed E-state index contributed by atoms with van der Waals surface area (Å²) in [6.45, 7) is 0. The molecule has 0 aromatic carbocycles. The van der Waals surface area contributed by atoms with Gasteiger partial charge in [-0.2, -0.15) is 0 Å². The van der Waals surface area contributed by atoms with Crippen LogP contribution in [0.3, 0.4) is 0 Å². The number of carboxylic acids is 1. The molecule has 4 nitrogen and oxygen atoms in total. The van der Waals surface area contributed by atoms with Crippen molar-refractivity contribution in [1.29, 1.82) is 0 Å². The van der Waals surface area contributed by atoms with Crippen molar-refractivity contribution in [1.82, 2.24) is 0 Å². The summed E-state index contributed by atoms with van der Waals surface area (Å²) in [5, 5.41) is 8.92. The first-order valence-electron chi connectivity index (χ1n) is 4.73. The van der Waals surface area contributed by atoms with Crippen LogP contribution in [0.25, 0.3) is 0 Å². The molecule has 1 amide bonds. The van der Waals surface area contributed by atoms with Gasteiger partial charge in [-0.3, -0.25) is 9.59 Å². The summed E-state index contributed by atoms with van der Waals surface area (Å²) in [6.07, 6.45) is 5.16. The van der Waals surface area contributed by atoms with E-state index in [0.29, 0.717) is 0 Å². The SMILES string of the molecule is O=C(O)C1C(=O)N=CC2=C1CCCC2. The van der Waals surface area contributed by atoms with Gasteiger partial charge in [-0.15, -0.1) is 0 Å². The summed E-state index contributed by atoms with van der Waals surface area (Å²) >= 11 is 0. The lowest BCUT2D eigenvalue weighted by Crippen LogP contribution is -2.29. The minimum Gasteiger partial charge on any atom is -0.480 e. The molecule has 1 aliphatic carbocycles. The third-order valence-corrected chi connectivity index (χ3v) is 2.74. The maximum Gasteiger partial charge on any atom is 0.320 e. The first-order valence-corrected chi connectivity index (χ1v) is 4.73. The number of carboxylic acid groups (broad SMARTS) is 1. The third kappa shape index (κ3) is 1.36. The van der Waals surface area contributed by atoms with Gasteiger partial charge in [-0.1, -0.05) is 0 Å². The Kier molecular flexibility index (Phi) is 2.19. The van der Waals surface area contributed by atoms with Crippen LogP contribution in [0.15, 0.2) is 16.1 Å². The third-order valence-electron chi connectivity index (χ3n) is 2.74. The summed E-state index contributed by atoms with van der Waals surface area (Å²) in [5.74, 6) is -2.60. The van der Waals surface area contributed by atoms with E-state index < -0.39 is 17.8 Å². The van der Waals surface area contributed by atoms with E-state index in [1.807, 2.05) is 0 Å². The van der Waals surface area contributed by atoms with Crippen LogP contribution in [0.1, 0.15) is 25.7 Å². The Morgan fingerprint density at radius 2 is 2.14 bits per heavy atom. The molecule has 14 heavy (non-hydrogen) atoms. The number of aliphatic carboxylic acids is 1. The van der Waals surface area contributed by atoms with E-state index in [1.165, 1.54) is 6.21 Å². The molecule has 0 aromatic rings. The molecular weight excluding hydrogens is 182 g/mol. The van der Waals surface area contributed by atoms with E-state index in [1.54, 1.807) is 0 Å². The van der Waals surface area contributed by atoms with Crippen LogP contribution >= 0.6 is 0 Å². The second kappa shape index (κ2) is 3.36. The highest BCUT2D eigenvalue weighted by Gasteiger charge is 2.34. The molecule has 1 aliphatic heterocycles. The Hall–Kier alpha value is -1.45. The summed E-state index contributed by atoms with van der Waals surface area (Å²) in [7, 11) is 0. The summed E-state index contributed by atoms with van der Waals surface area (Å²) in [5.41, 5.74) is 1.74. The van der Waals surface area contributed by atoms with E-state index >= 15 is 0 Å². The first-order chi connectivity index (χ1) is 6.70. The van der Waals surface area contributed by atoms with Gasteiger partial charge in [0.1, 0.15) is 0 Å². The molecule has 1 unspecified atom stereocenters. The molecule has 0 saturated heterocycles. The second-order valence-electron chi connectivity index (χ2n) is 3.63. The fourth-order valence-corrected chi connectivity index (χ4v) is 2.05. The molecule has 1 atom stereocenters. The number of hydrogen-bond donors (Lipinski definition) is 1. The largest absolute Gasteiger partial charge is 0.480 e. The molecule has 0 bridgehead atoms. The lowest BCUT2D eigenvalue weighted by molar-refractivity contribution is -0.144. The zero-order valence-corrected chi connectivity index (χ0v) is 7.69. The number of amides is 1. The van der Waals surface area contributed by atoms with Crippen molar-refractivity contribution in [3.8, 4) is 0 Å². The van der Waals surface area contributed by atoms with Crippen LogP contribution in [0.5, 0.6) is 0 Å². The van der Waals surface area contributed by atoms with Crippen molar-refractivity contribution < 1.29 is 14.7 Å². The number of rotatable bonds is 1. The monoisotopic (exact) mass is 193 g/mol. The number of carbonyl (C=O) groups is 2.